The zero-order chi connectivity index (χ0) is 11.5. The third kappa shape index (κ3) is 2.28. The minimum Gasteiger partial charge on any atom is -0.389 e. The van der Waals surface area contributed by atoms with Crippen LogP contribution in [0.25, 0.3) is 11.1 Å². The molecular formula is C14H13NS. The van der Waals surface area contributed by atoms with Crippen LogP contribution in [-0.4, -0.2) is 4.99 Å². The van der Waals surface area contributed by atoms with Crippen molar-refractivity contribution in [1.82, 2.24) is 0 Å². The molecule has 0 saturated heterocycles. The maximum Gasteiger partial charge on any atom is 0.104 e. The fourth-order valence-corrected chi connectivity index (χ4v) is 1.80. The Morgan fingerprint density at radius 3 is 2.25 bits per heavy atom. The molecule has 0 unspecified atom stereocenters. The summed E-state index contributed by atoms with van der Waals surface area (Å²) in [6.07, 6.45) is 0. The number of rotatable bonds is 2. The van der Waals surface area contributed by atoms with Gasteiger partial charge >= 0.3 is 0 Å². The molecule has 0 aromatic heterocycles. The largest absolute Gasteiger partial charge is 0.389 e. The first-order chi connectivity index (χ1) is 7.66. The Labute approximate surface area is 101 Å². The van der Waals surface area contributed by atoms with E-state index in [2.05, 4.69) is 37.3 Å². The lowest BCUT2D eigenvalue weighted by atomic mass is 10.0. The quantitative estimate of drug-likeness (QED) is 0.797. The van der Waals surface area contributed by atoms with Crippen LogP contribution in [0.1, 0.15) is 11.1 Å². The molecular weight excluding hydrogens is 214 g/mol. The fraction of sp³-hybridized carbons (Fsp3) is 0.0714. The van der Waals surface area contributed by atoms with Gasteiger partial charge in [-0.05, 0) is 24.1 Å². The van der Waals surface area contributed by atoms with Crippen molar-refractivity contribution >= 4 is 17.2 Å². The van der Waals surface area contributed by atoms with Crippen molar-refractivity contribution in [2.45, 2.75) is 6.92 Å². The molecule has 1 nitrogen and oxygen atoms in total. The van der Waals surface area contributed by atoms with Crippen LogP contribution >= 0.6 is 12.2 Å². The highest BCUT2D eigenvalue weighted by atomic mass is 32.1. The molecule has 2 aromatic rings. The summed E-state index contributed by atoms with van der Waals surface area (Å²) in [5.41, 5.74) is 10.1. The van der Waals surface area contributed by atoms with Gasteiger partial charge < -0.3 is 5.73 Å². The highest BCUT2D eigenvalue weighted by Crippen LogP contribution is 2.21. The van der Waals surface area contributed by atoms with Crippen molar-refractivity contribution in [2.24, 2.45) is 5.73 Å². The summed E-state index contributed by atoms with van der Waals surface area (Å²) in [7, 11) is 0. The van der Waals surface area contributed by atoms with Crippen molar-refractivity contribution in [1.29, 1.82) is 0 Å². The van der Waals surface area contributed by atoms with Crippen molar-refractivity contribution < 1.29 is 0 Å². The van der Waals surface area contributed by atoms with E-state index in [1.165, 1.54) is 11.1 Å². The van der Waals surface area contributed by atoms with Crippen LogP contribution in [0.15, 0.2) is 48.5 Å². The molecule has 0 atom stereocenters. The number of aryl methyl sites for hydroxylation is 1. The summed E-state index contributed by atoms with van der Waals surface area (Å²) in [5.74, 6) is 0. The number of hydrogen-bond acceptors (Lipinski definition) is 1. The Bertz CT molecular complexity index is 532. The fourth-order valence-electron chi connectivity index (χ4n) is 1.68. The smallest absolute Gasteiger partial charge is 0.104 e. The number of hydrogen-bond donors (Lipinski definition) is 1. The highest BCUT2D eigenvalue weighted by molar-refractivity contribution is 7.80. The van der Waals surface area contributed by atoms with Gasteiger partial charge in [-0.3, -0.25) is 0 Å². The van der Waals surface area contributed by atoms with E-state index >= 15 is 0 Å². The molecule has 2 heteroatoms. The minimum atomic E-state index is 0.439. The van der Waals surface area contributed by atoms with Crippen LogP contribution in [0, 0.1) is 6.92 Å². The Kier molecular flexibility index (Phi) is 3.02. The molecule has 0 bridgehead atoms. The van der Waals surface area contributed by atoms with E-state index in [4.69, 9.17) is 18.0 Å². The van der Waals surface area contributed by atoms with Gasteiger partial charge in [0.05, 0.1) is 0 Å². The Balaban J connectivity index is 2.48. The molecule has 0 radical (unpaired) electrons. The van der Waals surface area contributed by atoms with Crippen LogP contribution in [0.5, 0.6) is 0 Å². The summed E-state index contributed by atoms with van der Waals surface area (Å²) >= 11 is 4.98. The van der Waals surface area contributed by atoms with E-state index in [0.29, 0.717) is 4.99 Å². The molecule has 2 rings (SSSR count). The second-order valence-electron chi connectivity index (χ2n) is 3.81. The van der Waals surface area contributed by atoms with E-state index in [9.17, 15) is 0 Å². The lowest BCUT2D eigenvalue weighted by Gasteiger charge is -2.05. The average molecular weight is 227 g/mol. The van der Waals surface area contributed by atoms with Crippen molar-refractivity contribution in [3.63, 3.8) is 0 Å². The second-order valence-corrected chi connectivity index (χ2v) is 4.25. The molecule has 0 fully saturated rings. The topological polar surface area (TPSA) is 26.0 Å². The normalized spacial score (nSPS) is 10.1. The van der Waals surface area contributed by atoms with Crippen LogP contribution in [0.4, 0.5) is 0 Å². The Morgan fingerprint density at radius 1 is 1.00 bits per heavy atom. The van der Waals surface area contributed by atoms with E-state index < -0.39 is 0 Å². The first-order valence-corrected chi connectivity index (χ1v) is 5.54. The highest BCUT2D eigenvalue weighted by Gasteiger charge is 2.00. The van der Waals surface area contributed by atoms with Crippen LogP contribution in [0.2, 0.25) is 0 Å². The van der Waals surface area contributed by atoms with Gasteiger partial charge in [0.2, 0.25) is 0 Å². The third-order valence-corrected chi connectivity index (χ3v) is 2.73. The van der Waals surface area contributed by atoms with Crippen LogP contribution in [0.3, 0.4) is 0 Å². The van der Waals surface area contributed by atoms with Crippen LogP contribution < -0.4 is 5.73 Å². The van der Waals surface area contributed by atoms with Gasteiger partial charge in [-0.15, -0.1) is 0 Å². The first kappa shape index (κ1) is 10.8. The maximum absolute atomic E-state index is 5.62. The molecule has 16 heavy (non-hydrogen) atoms. The standard InChI is InChI=1S/C14H13NS/c1-10-4-2-5-11(8-10)12-6-3-7-13(9-12)14(15)16/h2-9H,1H3,(H2,15,16). The summed E-state index contributed by atoms with van der Waals surface area (Å²) in [6, 6.07) is 16.4. The van der Waals surface area contributed by atoms with Crippen molar-refractivity contribution in [2.75, 3.05) is 0 Å². The minimum absolute atomic E-state index is 0.439. The van der Waals surface area contributed by atoms with Gasteiger partial charge in [0.25, 0.3) is 0 Å². The van der Waals surface area contributed by atoms with E-state index in [-0.39, 0.29) is 0 Å². The van der Waals surface area contributed by atoms with Gasteiger partial charge in [-0.2, -0.15) is 0 Å². The predicted octanol–water partition coefficient (Wildman–Crippen LogP) is 3.30. The number of benzene rings is 2. The van der Waals surface area contributed by atoms with E-state index in [0.717, 1.165) is 11.1 Å². The summed E-state index contributed by atoms with van der Waals surface area (Å²) in [5, 5.41) is 0. The molecule has 0 aliphatic rings. The zero-order valence-electron chi connectivity index (χ0n) is 9.10. The summed E-state index contributed by atoms with van der Waals surface area (Å²) in [4.78, 5) is 0.439. The second kappa shape index (κ2) is 4.45. The molecule has 0 heterocycles. The number of thiocarbonyl (C=S) groups is 1. The monoisotopic (exact) mass is 227 g/mol. The lowest BCUT2D eigenvalue weighted by Crippen LogP contribution is -2.08. The van der Waals surface area contributed by atoms with E-state index in [1.807, 2.05) is 18.2 Å². The molecule has 0 aliphatic heterocycles. The summed E-state index contributed by atoms with van der Waals surface area (Å²) < 4.78 is 0. The van der Waals surface area contributed by atoms with Gasteiger partial charge in [-0.1, -0.05) is 60.2 Å². The average Bonchev–Trinajstić information content (AvgIpc) is 2.29. The van der Waals surface area contributed by atoms with Crippen molar-refractivity contribution in [3.8, 4) is 11.1 Å². The molecule has 2 N–H and O–H groups in total. The number of nitrogens with two attached hydrogens (primary N) is 1. The van der Waals surface area contributed by atoms with Gasteiger partial charge in [0, 0.05) is 5.56 Å². The predicted molar refractivity (Wildman–Crippen MR) is 72.5 cm³/mol. The third-order valence-electron chi connectivity index (χ3n) is 2.50. The molecule has 0 saturated carbocycles. The molecule has 2 aromatic carbocycles. The SMILES string of the molecule is Cc1cccc(-c2cccc(C(N)=S)c2)c1. The lowest BCUT2D eigenvalue weighted by molar-refractivity contribution is 1.46. The Hall–Kier alpha value is -1.67. The van der Waals surface area contributed by atoms with Gasteiger partial charge in [0.15, 0.2) is 0 Å². The van der Waals surface area contributed by atoms with Gasteiger partial charge in [0.1, 0.15) is 4.99 Å². The van der Waals surface area contributed by atoms with E-state index in [1.54, 1.807) is 0 Å². The Morgan fingerprint density at radius 2 is 1.62 bits per heavy atom. The molecule has 0 aliphatic carbocycles. The maximum atomic E-state index is 5.62. The van der Waals surface area contributed by atoms with Crippen molar-refractivity contribution in [3.05, 3.63) is 59.7 Å². The zero-order valence-corrected chi connectivity index (χ0v) is 9.92. The van der Waals surface area contributed by atoms with Gasteiger partial charge in [-0.25, -0.2) is 0 Å². The first-order valence-electron chi connectivity index (χ1n) is 5.14. The molecule has 0 amide bonds. The summed E-state index contributed by atoms with van der Waals surface area (Å²) in [6.45, 7) is 2.08. The molecule has 0 spiro atoms. The molecule has 80 valence electrons. The van der Waals surface area contributed by atoms with Crippen LogP contribution in [-0.2, 0) is 0 Å².